The number of para-hydroxylation sites is 2. The van der Waals surface area contributed by atoms with Crippen LogP contribution in [0.1, 0.15) is 23.3 Å². The molecular weight excluding hydrogens is 295 g/mol. The number of fused-ring (bicyclic) bond motifs is 1. The molecule has 1 atom stereocenters. The molecule has 3 rings (SSSR count). The van der Waals surface area contributed by atoms with Gasteiger partial charge >= 0.3 is 6.18 Å². The molecule has 1 amide bonds. The normalized spacial score (nSPS) is 19.4. The monoisotopic (exact) mass is 309 g/mol. The Kier molecular flexibility index (Phi) is 3.72. The summed E-state index contributed by atoms with van der Waals surface area (Å²) in [4.78, 5) is 21.9. The molecule has 116 valence electrons. The minimum atomic E-state index is -4.27. The van der Waals surface area contributed by atoms with Crippen molar-refractivity contribution in [2.45, 2.75) is 19.0 Å². The first-order valence-corrected chi connectivity index (χ1v) is 7.03. The standard InChI is InChI=1S/C15H14F3N3O/c16-15(17,18)10-4-3-7-21(9-10)14(22)13-8-19-11-5-1-2-6-12(11)20-13/h1-2,5-6,8,10H,3-4,7,9H2/t10-/m1/s1. The van der Waals surface area contributed by atoms with Crippen molar-refractivity contribution in [2.75, 3.05) is 13.1 Å². The first-order chi connectivity index (χ1) is 10.4. The Morgan fingerprint density at radius 1 is 1.23 bits per heavy atom. The van der Waals surface area contributed by atoms with Gasteiger partial charge in [0.05, 0.1) is 23.1 Å². The third-order valence-corrected chi connectivity index (χ3v) is 3.84. The van der Waals surface area contributed by atoms with Crippen LogP contribution in [0.2, 0.25) is 0 Å². The summed E-state index contributed by atoms with van der Waals surface area (Å²) in [5, 5.41) is 0. The van der Waals surface area contributed by atoms with Gasteiger partial charge in [0.1, 0.15) is 5.69 Å². The maximum Gasteiger partial charge on any atom is 0.393 e. The Balaban J connectivity index is 1.82. The quantitative estimate of drug-likeness (QED) is 0.813. The summed E-state index contributed by atoms with van der Waals surface area (Å²) in [6.07, 6.45) is -2.54. The third kappa shape index (κ3) is 2.88. The smallest absolute Gasteiger partial charge is 0.337 e. The van der Waals surface area contributed by atoms with Crippen molar-refractivity contribution >= 4 is 16.9 Å². The number of piperidine rings is 1. The summed E-state index contributed by atoms with van der Waals surface area (Å²) in [7, 11) is 0. The minimum absolute atomic E-state index is 0.0661. The van der Waals surface area contributed by atoms with Crippen LogP contribution in [0.3, 0.4) is 0 Å². The number of nitrogens with zero attached hydrogens (tertiary/aromatic N) is 3. The lowest BCUT2D eigenvalue weighted by molar-refractivity contribution is -0.184. The number of alkyl halides is 3. The molecule has 0 N–H and O–H groups in total. The van der Waals surface area contributed by atoms with Crippen molar-refractivity contribution in [1.29, 1.82) is 0 Å². The Labute approximate surface area is 125 Å². The van der Waals surface area contributed by atoms with Crippen LogP contribution in [0.15, 0.2) is 30.5 Å². The van der Waals surface area contributed by atoms with E-state index in [9.17, 15) is 18.0 Å². The Bertz CT molecular complexity index is 702. The molecule has 0 unspecified atom stereocenters. The van der Waals surface area contributed by atoms with E-state index in [1.54, 1.807) is 24.3 Å². The second-order valence-corrected chi connectivity index (χ2v) is 5.38. The fourth-order valence-corrected chi connectivity index (χ4v) is 2.65. The SMILES string of the molecule is O=C(c1cnc2ccccc2n1)N1CCC[C@@H](C(F)(F)F)C1. The zero-order valence-electron chi connectivity index (χ0n) is 11.7. The van der Waals surface area contributed by atoms with E-state index < -0.39 is 18.0 Å². The van der Waals surface area contributed by atoms with Crippen LogP contribution in [0, 0.1) is 5.92 Å². The van der Waals surface area contributed by atoms with Crippen molar-refractivity contribution in [3.05, 3.63) is 36.2 Å². The minimum Gasteiger partial charge on any atom is -0.337 e. The molecule has 1 aliphatic rings. The molecule has 0 radical (unpaired) electrons. The highest BCUT2D eigenvalue weighted by Gasteiger charge is 2.42. The average Bonchev–Trinajstić information content (AvgIpc) is 2.53. The summed E-state index contributed by atoms with van der Waals surface area (Å²) in [6.45, 7) is 0.0107. The van der Waals surface area contributed by atoms with Gasteiger partial charge in [-0.15, -0.1) is 0 Å². The van der Waals surface area contributed by atoms with Crippen LogP contribution in [-0.4, -0.2) is 40.0 Å². The predicted octanol–water partition coefficient (Wildman–Crippen LogP) is 3.04. The summed E-state index contributed by atoms with van der Waals surface area (Å²) < 4.78 is 38.5. The van der Waals surface area contributed by atoms with Crippen LogP contribution >= 0.6 is 0 Å². The van der Waals surface area contributed by atoms with Gasteiger partial charge in [-0.3, -0.25) is 9.78 Å². The van der Waals surface area contributed by atoms with Crippen LogP contribution < -0.4 is 0 Å². The van der Waals surface area contributed by atoms with E-state index in [1.165, 1.54) is 11.1 Å². The van der Waals surface area contributed by atoms with Gasteiger partial charge in [-0.25, -0.2) is 4.98 Å². The number of rotatable bonds is 1. The van der Waals surface area contributed by atoms with Gasteiger partial charge in [-0.1, -0.05) is 12.1 Å². The zero-order valence-corrected chi connectivity index (χ0v) is 11.7. The Hall–Kier alpha value is -2.18. The number of amides is 1. The number of carbonyl (C=O) groups excluding carboxylic acids is 1. The molecule has 2 aromatic rings. The van der Waals surface area contributed by atoms with Crippen LogP contribution in [0.4, 0.5) is 13.2 Å². The third-order valence-electron chi connectivity index (χ3n) is 3.84. The first kappa shape index (κ1) is 14.7. The molecule has 4 nitrogen and oxygen atoms in total. The highest BCUT2D eigenvalue weighted by molar-refractivity contribution is 5.93. The second kappa shape index (κ2) is 5.55. The lowest BCUT2D eigenvalue weighted by atomic mass is 9.97. The lowest BCUT2D eigenvalue weighted by Crippen LogP contribution is -2.44. The molecule has 22 heavy (non-hydrogen) atoms. The van der Waals surface area contributed by atoms with E-state index in [0.29, 0.717) is 24.0 Å². The average molecular weight is 309 g/mol. The Morgan fingerprint density at radius 3 is 2.68 bits per heavy atom. The highest BCUT2D eigenvalue weighted by atomic mass is 19.4. The van der Waals surface area contributed by atoms with E-state index in [2.05, 4.69) is 9.97 Å². The summed E-state index contributed by atoms with van der Waals surface area (Å²) in [5.41, 5.74) is 1.28. The van der Waals surface area contributed by atoms with Gasteiger partial charge < -0.3 is 4.90 Å². The van der Waals surface area contributed by atoms with Crippen molar-refractivity contribution in [1.82, 2.24) is 14.9 Å². The topological polar surface area (TPSA) is 46.1 Å². The van der Waals surface area contributed by atoms with Crippen molar-refractivity contribution in [3.63, 3.8) is 0 Å². The number of benzene rings is 1. The fourth-order valence-electron chi connectivity index (χ4n) is 2.65. The van der Waals surface area contributed by atoms with Gasteiger partial charge in [0, 0.05) is 13.1 Å². The van der Waals surface area contributed by atoms with Gasteiger partial charge in [0.25, 0.3) is 5.91 Å². The number of hydrogen-bond donors (Lipinski definition) is 0. The van der Waals surface area contributed by atoms with Crippen LogP contribution in [0.5, 0.6) is 0 Å². The van der Waals surface area contributed by atoms with Gasteiger partial charge in [-0.05, 0) is 25.0 Å². The maximum atomic E-state index is 12.8. The molecule has 1 aliphatic heterocycles. The fraction of sp³-hybridized carbons (Fsp3) is 0.400. The number of hydrogen-bond acceptors (Lipinski definition) is 3. The van der Waals surface area contributed by atoms with Crippen molar-refractivity contribution in [2.24, 2.45) is 5.92 Å². The van der Waals surface area contributed by atoms with Gasteiger partial charge in [0.15, 0.2) is 0 Å². The van der Waals surface area contributed by atoms with E-state index in [-0.39, 0.29) is 18.7 Å². The molecule has 1 aromatic heterocycles. The summed E-state index contributed by atoms with van der Waals surface area (Å²) >= 11 is 0. The molecule has 0 saturated carbocycles. The zero-order chi connectivity index (χ0) is 15.7. The molecule has 2 heterocycles. The molecular formula is C15H14F3N3O. The maximum absolute atomic E-state index is 12.8. The summed E-state index contributed by atoms with van der Waals surface area (Å²) in [5.74, 6) is -1.95. The van der Waals surface area contributed by atoms with E-state index >= 15 is 0 Å². The molecule has 1 saturated heterocycles. The first-order valence-electron chi connectivity index (χ1n) is 7.03. The van der Waals surface area contributed by atoms with Gasteiger partial charge in [0.2, 0.25) is 0 Å². The van der Waals surface area contributed by atoms with Crippen molar-refractivity contribution < 1.29 is 18.0 Å². The molecule has 1 fully saturated rings. The van der Waals surface area contributed by atoms with Crippen LogP contribution in [-0.2, 0) is 0 Å². The largest absolute Gasteiger partial charge is 0.393 e. The van der Waals surface area contributed by atoms with Crippen molar-refractivity contribution in [3.8, 4) is 0 Å². The number of carbonyl (C=O) groups is 1. The lowest BCUT2D eigenvalue weighted by Gasteiger charge is -2.33. The van der Waals surface area contributed by atoms with Crippen LogP contribution in [0.25, 0.3) is 11.0 Å². The van der Waals surface area contributed by atoms with E-state index in [4.69, 9.17) is 0 Å². The molecule has 1 aromatic carbocycles. The van der Waals surface area contributed by atoms with E-state index in [0.717, 1.165) is 0 Å². The number of halogens is 3. The Morgan fingerprint density at radius 2 is 1.95 bits per heavy atom. The van der Waals surface area contributed by atoms with Gasteiger partial charge in [-0.2, -0.15) is 13.2 Å². The highest BCUT2D eigenvalue weighted by Crippen LogP contribution is 2.33. The molecule has 7 heteroatoms. The summed E-state index contributed by atoms with van der Waals surface area (Å²) in [6, 6.07) is 7.05. The number of aromatic nitrogens is 2. The predicted molar refractivity (Wildman–Crippen MR) is 74.2 cm³/mol. The molecule has 0 bridgehead atoms. The molecule has 0 spiro atoms. The van der Waals surface area contributed by atoms with E-state index in [1.807, 2.05) is 0 Å². The second-order valence-electron chi connectivity index (χ2n) is 5.38. The molecule has 0 aliphatic carbocycles. The number of likely N-dealkylation sites (tertiary alicyclic amines) is 1.